The van der Waals surface area contributed by atoms with Gasteiger partial charge in [-0.05, 0) is 30.7 Å². The lowest BCUT2D eigenvalue weighted by atomic mass is 10.2. The standard InChI is InChI=1S/C17H21N3O4/c1-4-5-10-24-13-8-6-12(7-9-13)16(22)18-14-11-15(21)20(3)17(23)19(14)2/h6-9,11H,4-5,10H2,1-3H3,(H,18,22). The van der Waals surface area contributed by atoms with Gasteiger partial charge in [0.25, 0.3) is 11.5 Å². The number of aromatic nitrogens is 2. The average molecular weight is 331 g/mol. The Kier molecular flexibility index (Phi) is 5.57. The first kappa shape index (κ1) is 17.5. The second-order valence-corrected chi connectivity index (χ2v) is 5.45. The second-order valence-electron chi connectivity index (χ2n) is 5.45. The van der Waals surface area contributed by atoms with Crippen LogP contribution in [0.25, 0.3) is 0 Å². The van der Waals surface area contributed by atoms with Crippen LogP contribution in [0.2, 0.25) is 0 Å². The van der Waals surface area contributed by atoms with Gasteiger partial charge in [0.15, 0.2) is 0 Å². The van der Waals surface area contributed by atoms with Gasteiger partial charge < -0.3 is 10.1 Å². The lowest BCUT2D eigenvalue weighted by Gasteiger charge is -2.11. The second kappa shape index (κ2) is 7.63. The van der Waals surface area contributed by atoms with Crippen molar-refractivity contribution in [1.82, 2.24) is 9.13 Å². The fourth-order valence-corrected chi connectivity index (χ4v) is 2.08. The number of carbonyl (C=O) groups is 1. The summed E-state index contributed by atoms with van der Waals surface area (Å²) in [5.41, 5.74) is -0.573. The molecule has 1 heterocycles. The van der Waals surface area contributed by atoms with E-state index >= 15 is 0 Å². The van der Waals surface area contributed by atoms with Crippen molar-refractivity contribution in [3.8, 4) is 5.75 Å². The maximum absolute atomic E-state index is 12.3. The van der Waals surface area contributed by atoms with Crippen molar-refractivity contribution in [1.29, 1.82) is 0 Å². The fourth-order valence-electron chi connectivity index (χ4n) is 2.08. The molecule has 7 nitrogen and oxygen atoms in total. The van der Waals surface area contributed by atoms with Crippen molar-refractivity contribution in [2.75, 3.05) is 11.9 Å². The summed E-state index contributed by atoms with van der Waals surface area (Å²) in [7, 11) is 2.87. The largest absolute Gasteiger partial charge is 0.494 e. The molecule has 2 aromatic rings. The number of hydrogen-bond acceptors (Lipinski definition) is 4. The SMILES string of the molecule is CCCCOc1ccc(C(=O)Nc2cc(=O)n(C)c(=O)n2C)cc1. The predicted octanol–water partition coefficient (Wildman–Crippen LogP) is 1.52. The highest BCUT2D eigenvalue weighted by atomic mass is 16.5. The summed E-state index contributed by atoms with van der Waals surface area (Å²) in [5.74, 6) is 0.440. The van der Waals surface area contributed by atoms with Crippen molar-refractivity contribution < 1.29 is 9.53 Å². The maximum atomic E-state index is 12.3. The predicted molar refractivity (Wildman–Crippen MR) is 91.7 cm³/mol. The zero-order chi connectivity index (χ0) is 17.7. The van der Waals surface area contributed by atoms with Crippen LogP contribution < -0.4 is 21.3 Å². The topological polar surface area (TPSA) is 82.3 Å². The van der Waals surface area contributed by atoms with Gasteiger partial charge in [-0.15, -0.1) is 0 Å². The molecule has 1 aromatic carbocycles. The van der Waals surface area contributed by atoms with E-state index in [1.807, 2.05) is 0 Å². The molecule has 0 atom stereocenters. The molecule has 0 aliphatic heterocycles. The van der Waals surface area contributed by atoms with Crippen LogP contribution in [0.1, 0.15) is 30.1 Å². The first-order chi connectivity index (χ1) is 11.4. The molecule has 0 aliphatic carbocycles. The first-order valence-electron chi connectivity index (χ1n) is 7.75. The van der Waals surface area contributed by atoms with Gasteiger partial charge in [-0.1, -0.05) is 13.3 Å². The molecular formula is C17H21N3O4. The van der Waals surface area contributed by atoms with Crippen LogP contribution in [0.4, 0.5) is 5.82 Å². The van der Waals surface area contributed by atoms with E-state index in [0.29, 0.717) is 17.9 Å². The third-order valence-corrected chi connectivity index (χ3v) is 3.65. The number of benzene rings is 1. The van der Waals surface area contributed by atoms with Gasteiger partial charge in [0.2, 0.25) is 0 Å². The molecule has 0 unspecified atom stereocenters. The lowest BCUT2D eigenvalue weighted by molar-refractivity contribution is 0.102. The minimum atomic E-state index is -0.502. The van der Waals surface area contributed by atoms with Crippen LogP contribution in [0.5, 0.6) is 5.75 Å². The molecule has 7 heteroatoms. The molecular weight excluding hydrogens is 310 g/mol. The molecule has 24 heavy (non-hydrogen) atoms. The Bertz CT molecular complexity index is 834. The Morgan fingerprint density at radius 2 is 1.79 bits per heavy atom. The molecule has 0 aliphatic rings. The molecule has 0 fully saturated rings. The van der Waals surface area contributed by atoms with Crippen molar-refractivity contribution in [3.63, 3.8) is 0 Å². The number of nitrogens with one attached hydrogen (secondary N) is 1. The van der Waals surface area contributed by atoms with E-state index in [4.69, 9.17) is 4.74 Å². The summed E-state index contributed by atoms with van der Waals surface area (Å²) >= 11 is 0. The summed E-state index contributed by atoms with van der Waals surface area (Å²) in [5, 5.41) is 2.58. The van der Waals surface area contributed by atoms with Gasteiger partial charge in [-0.2, -0.15) is 0 Å². The molecule has 0 saturated carbocycles. The third-order valence-electron chi connectivity index (χ3n) is 3.65. The molecule has 0 spiro atoms. The van der Waals surface area contributed by atoms with E-state index in [1.165, 1.54) is 24.7 Å². The maximum Gasteiger partial charge on any atom is 0.332 e. The molecule has 0 saturated heterocycles. The molecule has 1 amide bonds. The monoisotopic (exact) mass is 331 g/mol. The van der Waals surface area contributed by atoms with Crippen LogP contribution in [0.3, 0.4) is 0 Å². The van der Waals surface area contributed by atoms with E-state index in [9.17, 15) is 14.4 Å². The Balaban J connectivity index is 2.13. The number of nitrogens with zero attached hydrogens (tertiary/aromatic N) is 2. The van der Waals surface area contributed by atoms with Gasteiger partial charge >= 0.3 is 5.69 Å². The molecule has 1 N–H and O–H groups in total. The number of hydrogen-bond donors (Lipinski definition) is 1. The van der Waals surface area contributed by atoms with E-state index in [-0.39, 0.29) is 5.82 Å². The van der Waals surface area contributed by atoms with E-state index in [0.717, 1.165) is 17.4 Å². The fraction of sp³-hybridized carbons (Fsp3) is 0.353. The van der Waals surface area contributed by atoms with E-state index < -0.39 is 17.2 Å². The van der Waals surface area contributed by atoms with Crippen molar-refractivity contribution in [2.45, 2.75) is 19.8 Å². The highest BCUT2D eigenvalue weighted by Crippen LogP contribution is 2.14. The molecule has 2 rings (SSSR count). The Hall–Kier alpha value is -2.83. The third kappa shape index (κ3) is 3.92. The molecule has 128 valence electrons. The van der Waals surface area contributed by atoms with Crippen molar-refractivity contribution in [2.24, 2.45) is 14.1 Å². The van der Waals surface area contributed by atoms with Gasteiger partial charge in [-0.25, -0.2) is 4.79 Å². The van der Waals surface area contributed by atoms with Crippen LogP contribution in [-0.2, 0) is 14.1 Å². The van der Waals surface area contributed by atoms with Crippen molar-refractivity contribution in [3.05, 3.63) is 56.7 Å². The van der Waals surface area contributed by atoms with Gasteiger partial charge in [0.05, 0.1) is 6.61 Å². The van der Waals surface area contributed by atoms with Gasteiger partial charge in [0.1, 0.15) is 11.6 Å². The summed E-state index contributed by atoms with van der Waals surface area (Å²) in [6.45, 7) is 2.72. The average Bonchev–Trinajstić information content (AvgIpc) is 2.58. The van der Waals surface area contributed by atoms with Crippen LogP contribution in [0.15, 0.2) is 39.9 Å². The van der Waals surface area contributed by atoms with E-state index in [1.54, 1.807) is 24.3 Å². The first-order valence-corrected chi connectivity index (χ1v) is 7.75. The smallest absolute Gasteiger partial charge is 0.332 e. The molecule has 1 aromatic heterocycles. The molecule has 0 radical (unpaired) electrons. The summed E-state index contributed by atoms with van der Waals surface area (Å²) < 4.78 is 7.72. The summed E-state index contributed by atoms with van der Waals surface area (Å²) in [6.07, 6.45) is 2.02. The highest BCUT2D eigenvalue weighted by Gasteiger charge is 2.11. The highest BCUT2D eigenvalue weighted by molar-refractivity contribution is 6.03. The number of anilines is 1. The minimum absolute atomic E-state index is 0.149. The zero-order valence-corrected chi connectivity index (χ0v) is 14.0. The number of rotatable bonds is 6. The van der Waals surface area contributed by atoms with E-state index in [2.05, 4.69) is 12.2 Å². The Morgan fingerprint density at radius 3 is 2.42 bits per heavy atom. The van der Waals surface area contributed by atoms with Gasteiger partial charge in [0, 0.05) is 25.7 Å². The lowest BCUT2D eigenvalue weighted by Crippen LogP contribution is -2.38. The molecule has 0 bridgehead atoms. The number of unbranched alkanes of at least 4 members (excludes halogenated alkanes) is 1. The van der Waals surface area contributed by atoms with Crippen LogP contribution in [0, 0.1) is 0 Å². The summed E-state index contributed by atoms with van der Waals surface area (Å²) in [4.78, 5) is 35.8. The minimum Gasteiger partial charge on any atom is -0.494 e. The Morgan fingerprint density at radius 1 is 1.12 bits per heavy atom. The normalized spacial score (nSPS) is 10.5. The summed E-state index contributed by atoms with van der Waals surface area (Å²) in [6, 6.07) is 7.91. The zero-order valence-electron chi connectivity index (χ0n) is 14.0. The van der Waals surface area contributed by atoms with Crippen molar-refractivity contribution >= 4 is 11.7 Å². The van der Waals surface area contributed by atoms with Crippen LogP contribution >= 0.6 is 0 Å². The Labute approximate surface area is 139 Å². The number of ether oxygens (including phenoxy) is 1. The van der Waals surface area contributed by atoms with Gasteiger partial charge in [-0.3, -0.25) is 18.7 Å². The van der Waals surface area contributed by atoms with Crippen LogP contribution in [-0.4, -0.2) is 21.6 Å². The number of amides is 1. The number of carbonyl (C=O) groups excluding carboxylic acids is 1. The quantitative estimate of drug-likeness (QED) is 0.814.